The number of benzene rings is 2. The summed E-state index contributed by atoms with van der Waals surface area (Å²) in [5.74, 6) is 0. The molecule has 0 atom stereocenters. The lowest BCUT2D eigenvalue weighted by Crippen LogP contribution is -2.43. The lowest BCUT2D eigenvalue weighted by atomic mass is 10.1. The monoisotopic (exact) mass is 399 g/mol. The molecule has 0 unspecified atom stereocenters. The van der Waals surface area contributed by atoms with Crippen LogP contribution in [0.1, 0.15) is 22.3 Å². The summed E-state index contributed by atoms with van der Waals surface area (Å²) >= 11 is 0. The molecule has 28 heavy (non-hydrogen) atoms. The van der Waals surface area contributed by atoms with E-state index in [4.69, 9.17) is 0 Å². The van der Waals surface area contributed by atoms with Crippen LogP contribution in [0.5, 0.6) is 0 Å². The Morgan fingerprint density at radius 3 is 2.18 bits per heavy atom. The van der Waals surface area contributed by atoms with Crippen molar-refractivity contribution in [2.45, 2.75) is 20.0 Å². The van der Waals surface area contributed by atoms with Crippen LogP contribution in [0.25, 0.3) is 6.08 Å². The second-order valence-electron chi connectivity index (χ2n) is 7.48. The van der Waals surface area contributed by atoms with Crippen LogP contribution < -0.4 is 4.72 Å². The first-order chi connectivity index (χ1) is 13.4. The van der Waals surface area contributed by atoms with Crippen molar-refractivity contribution in [2.75, 3.05) is 33.2 Å². The van der Waals surface area contributed by atoms with Crippen molar-refractivity contribution < 1.29 is 8.42 Å². The molecule has 3 rings (SSSR count). The maximum Gasteiger partial charge on any atom is 0.234 e. The van der Waals surface area contributed by atoms with Crippen LogP contribution in [0, 0.1) is 6.92 Å². The number of aryl methyl sites for hydroxylation is 1. The Hall–Kier alpha value is -1.99. The molecule has 6 heteroatoms. The molecule has 1 aliphatic heterocycles. The van der Waals surface area contributed by atoms with E-state index < -0.39 is 10.0 Å². The van der Waals surface area contributed by atoms with Gasteiger partial charge in [0.15, 0.2) is 0 Å². The van der Waals surface area contributed by atoms with E-state index in [1.807, 2.05) is 43.3 Å². The van der Waals surface area contributed by atoms with Crippen LogP contribution in [-0.4, -0.2) is 51.4 Å². The van der Waals surface area contributed by atoms with Crippen LogP contribution in [0.2, 0.25) is 0 Å². The summed E-state index contributed by atoms with van der Waals surface area (Å²) in [7, 11) is -1.31. The third-order valence-electron chi connectivity index (χ3n) is 5.02. The molecule has 2 aromatic carbocycles. The molecular weight excluding hydrogens is 370 g/mol. The van der Waals surface area contributed by atoms with Crippen molar-refractivity contribution in [3.05, 3.63) is 76.2 Å². The van der Waals surface area contributed by atoms with Crippen LogP contribution >= 0.6 is 0 Å². The number of sulfonamides is 1. The summed E-state index contributed by atoms with van der Waals surface area (Å²) in [6.45, 7) is 7.62. The van der Waals surface area contributed by atoms with Gasteiger partial charge in [0.1, 0.15) is 0 Å². The minimum absolute atomic E-state index is 0.287. The van der Waals surface area contributed by atoms with E-state index in [2.05, 4.69) is 33.7 Å². The molecule has 0 spiro atoms. The third-order valence-corrected chi connectivity index (χ3v) is 6.06. The van der Waals surface area contributed by atoms with Crippen molar-refractivity contribution in [3.63, 3.8) is 0 Å². The molecule has 0 saturated carbocycles. The molecule has 1 heterocycles. The maximum atomic E-state index is 12.2. The van der Waals surface area contributed by atoms with E-state index in [9.17, 15) is 8.42 Å². The van der Waals surface area contributed by atoms with Crippen molar-refractivity contribution >= 4 is 16.1 Å². The summed E-state index contributed by atoms with van der Waals surface area (Å²) in [5, 5.41) is 1.22. The smallest absolute Gasteiger partial charge is 0.234 e. The van der Waals surface area contributed by atoms with Gasteiger partial charge in [-0.3, -0.25) is 4.90 Å². The van der Waals surface area contributed by atoms with Gasteiger partial charge in [0.05, 0.1) is 0 Å². The first kappa shape index (κ1) is 20.7. The number of hydrogen-bond acceptors (Lipinski definition) is 4. The fraction of sp³-hybridized carbons (Fsp3) is 0.364. The fourth-order valence-electron chi connectivity index (χ4n) is 3.10. The molecule has 150 valence electrons. The van der Waals surface area contributed by atoms with Gasteiger partial charge in [0.25, 0.3) is 0 Å². The van der Waals surface area contributed by atoms with Crippen LogP contribution in [0.4, 0.5) is 0 Å². The Morgan fingerprint density at radius 1 is 0.929 bits per heavy atom. The molecule has 0 aromatic heterocycles. The standard InChI is InChI=1S/C22H29N3O2S/c1-19-3-5-20(6-4-19)11-16-28(26,27)23-17-21-7-9-22(10-8-21)18-25-14-12-24(2)13-15-25/h3-11,16,23H,12-15,17-18H2,1-2H3/b16-11+. The van der Waals surface area contributed by atoms with Gasteiger partial charge >= 0.3 is 0 Å². The first-order valence-electron chi connectivity index (χ1n) is 9.63. The average molecular weight is 400 g/mol. The van der Waals surface area contributed by atoms with Gasteiger partial charge in [-0.05, 0) is 36.7 Å². The summed E-state index contributed by atoms with van der Waals surface area (Å²) < 4.78 is 27.0. The van der Waals surface area contributed by atoms with Crippen LogP contribution in [-0.2, 0) is 23.1 Å². The summed E-state index contributed by atoms with van der Waals surface area (Å²) in [6.07, 6.45) is 1.61. The van der Waals surface area contributed by atoms with E-state index in [0.29, 0.717) is 0 Å². The molecule has 1 aliphatic rings. The molecule has 0 radical (unpaired) electrons. The maximum absolute atomic E-state index is 12.2. The zero-order chi connectivity index (χ0) is 20.0. The van der Waals surface area contributed by atoms with Gasteiger partial charge in [0, 0.05) is 44.7 Å². The van der Waals surface area contributed by atoms with Gasteiger partial charge in [-0.15, -0.1) is 0 Å². The largest absolute Gasteiger partial charge is 0.304 e. The molecule has 1 fully saturated rings. The van der Waals surface area contributed by atoms with E-state index in [0.717, 1.165) is 49.4 Å². The fourth-order valence-corrected chi connectivity index (χ4v) is 3.90. The Morgan fingerprint density at radius 2 is 1.54 bits per heavy atom. The minimum atomic E-state index is -3.47. The number of hydrogen-bond donors (Lipinski definition) is 1. The lowest BCUT2D eigenvalue weighted by Gasteiger charge is -2.32. The van der Waals surface area contributed by atoms with Gasteiger partial charge < -0.3 is 4.90 Å². The number of piperazine rings is 1. The van der Waals surface area contributed by atoms with Crippen molar-refractivity contribution in [1.82, 2.24) is 14.5 Å². The van der Waals surface area contributed by atoms with Gasteiger partial charge in [-0.2, -0.15) is 0 Å². The van der Waals surface area contributed by atoms with Gasteiger partial charge in [0.2, 0.25) is 10.0 Å². The Bertz CT molecular complexity index is 882. The number of likely N-dealkylation sites (N-methyl/N-ethyl adjacent to an activating group) is 1. The molecule has 0 bridgehead atoms. The van der Waals surface area contributed by atoms with E-state index in [1.165, 1.54) is 11.0 Å². The van der Waals surface area contributed by atoms with Crippen LogP contribution in [0.15, 0.2) is 53.9 Å². The average Bonchev–Trinajstić information content (AvgIpc) is 2.69. The van der Waals surface area contributed by atoms with Crippen molar-refractivity contribution in [3.8, 4) is 0 Å². The predicted molar refractivity (Wildman–Crippen MR) is 115 cm³/mol. The number of nitrogens with zero attached hydrogens (tertiary/aromatic N) is 2. The molecule has 0 aliphatic carbocycles. The molecular formula is C22H29N3O2S. The second-order valence-corrected chi connectivity index (χ2v) is 9.13. The number of nitrogens with one attached hydrogen (secondary N) is 1. The second kappa shape index (κ2) is 9.47. The zero-order valence-electron chi connectivity index (χ0n) is 16.6. The highest BCUT2D eigenvalue weighted by Crippen LogP contribution is 2.11. The topological polar surface area (TPSA) is 52.7 Å². The summed E-state index contributed by atoms with van der Waals surface area (Å²) in [6, 6.07) is 15.9. The highest BCUT2D eigenvalue weighted by Gasteiger charge is 2.13. The minimum Gasteiger partial charge on any atom is -0.304 e. The molecule has 1 N–H and O–H groups in total. The number of rotatable bonds is 7. The lowest BCUT2D eigenvalue weighted by molar-refractivity contribution is 0.148. The Labute approximate surface area is 168 Å². The van der Waals surface area contributed by atoms with E-state index >= 15 is 0 Å². The van der Waals surface area contributed by atoms with Crippen LogP contribution in [0.3, 0.4) is 0 Å². The molecule has 5 nitrogen and oxygen atoms in total. The summed E-state index contributed by atoms with van der Waals surface area (Å²) in [4.78, 5) is 4.80. The Balaban J connectivity index is 1.50. The van der Waals surface area contributed by atoms with E-state index in [-0.39, 0.29) is 6.54 Å². The van der Waals surface area contributed by atoms with Crippen molar-refractivity contribution in [1.29, 1.82) is 0 Å². The molecule has 1 saturated heterocycles. The highest BCUT2D eigenvalue weighted by molar-refractivity contribution is 7.92. The SMILES string of the molecule is Cc1ccc(/C=C/S(=O)(=O)NCc2ccc(CN3CCN(C)CC3)cc2)cc1. The quantitative estimate of drug-likeness (QED) is 0.778. The predicted octanol–water partition coefficient (Wildman–Crippen LogP) is 2.83. The zero-order valence-corrected chi connectivity index (χ0v) is 17.5. The van der Waals surface area contributed by atoms with Gasteiger partial charge in [-0.25, -0.2) is 13.1 Å². The summed E-state index contributed by atoms with van der Waals surface area (Å²) in [5.41, 5.74) is 4.23. The highest BCUT2D eigenvalue weighted by atomic mass is 32.2. The normalized spacial score (nSPS) is 16.6. The van der Waals surface area contributed by atoms with Crippen molar-refractivity contribution in [2.24, 2.45) is 0 Å². The first-order valence-corrected chi connectivity index (χ1v) is 11.2. The Kier molecular flexibility index (Phi) is 7.02. The third kappa shape index (κ3) is 6.56. The van der Waals surface area contributed by atoms with E-state index in [1.54, 1.807) is 6.08 Å². The molecule has 2 aromatic rings. The van der Waals surface area contributed by atoms with Gasteiger partial charge in [-0.1, -0.05) is 54.1 Å². The molecule has 0 amide bonds.